The number of carbonyl (C=O) groups excluding carboxylic acids is 2. The van der Waals surface area contributed by atoms with Crippen LogP contribution in [-0.2, 0) is 9.84 Å². The van der Waals surface area contributed by atoms with Crippen molar-refractivity contribution in [2.45, 2.75) is 23.5 Å². The molecule has 3 aromatic carbocycles. The Labute approximate surface area is 206 Å². The molecule has 0 radical (unpaired) electrons. The number of hydrogen-bond donors (Lipinski definition) is 0. The minimum atomic E-state index is -4.25. The summed E-state index contributed by atoms with van der Waals surface area (Å²) in [6, 6.07) is 14.3. The first-order chi connectivity index (χ1) is 15.0. The van der Waals surface area contributed by atoms with Crippen molar-refractivity contribution in [3.63, 3.8) is 0 Å². The van der Waals surface area contributed by atoms with E-state index in [0.717, 1.165) is 5.56 Å². The molecule has 0 amide bonds. The molecule has 0 aromatic heterocycles. The van der Waals surface area contributed by atoms with Gasteiger partial charge in [0.2, 0.25) is 0 Å². The average Bonchev–Trinajstić information content (AvgIpc) is 2.71. The Bertz CT molecular complexity index is 1300. The molecular formula is C23H16Cl4O4S. The van der Waals surface area contributed by atoms with Crippen LogP contribution in [0.15, 0.2) is 65.6 Å². The van der Waals surface area contributed by atoms with Gasteiger partial charge < -0.3 is 0 Å². The number of benzene rings is 3. The second kappa shape index (κ2) is 9.94. The van der Waals surface area contributed by atoms with Crippen LogP contribution < -0.4 is 0 Å². The quantitative estimate of drug-likeness (QED) is 0.312. The number of Topliss-reactive ketones (excluding diaryl/α,β-unsaturated/α-hetero) is 2. The normalized spacial score (nSPS) is 12.4. The third-order valence-corrected chi connectivity index (χ3v) is 7.97. The first-order valence-electron chi connectivity index (χ1n) is 9.29. The van der Waals surface area contributed by atoms with E-state index in [9.17, 15) is 18.0 Å². The van der Waals surface area contributed by atoms with Crippen molar-refractivity contribution in [1.82, 2.24) is 0 Å². The maximum atomic E-state index is 13.4. The summed E-state index contributed by atoms with van der Waals surface area (Å²) in [5.41, 5.74) is 0.860. The first kappa shape index (κ1) is 24.7. The molecular weight excluding hydrogens is 514 g/mol. The van der Waals surface area contributed by atoms with Gasteiger partial charge >= 0.3 is 0 Å². The van der Waals surface area contributed by atoms with E-state index in [1.165, 1.54) is 48.5 Å². The Morgan fingerprint density at radius 1 is 0.781 bits per heavy atom. The summed E-state index contributed by atoms with van der Waals surface area (Å²) < 4.78 is 26.9. The molecule has 166 valence electrons. The highest BCUT2D eigenvalue weighted by Crippen LogP contribution is 2.30. The molecule has 0 fully saturated rings. The van der Waals surface area contributed by atoms with E-state index in [-0.39, 0.29) is 31.1 Å². The van der Waals surface area contributed by atoms with Gasteiger partial charge in [-0.2, -0.15) is 0 Å². The van der Waals surface area contributed by atoms with Crippen LogP contribution in [0.5, 0.6) is 0 Å². The van der Waals surface area contributed by atoms with Crippen molar-refractivity contribution < 1.29 is 18.0 Å². The number of aryl methyl sites for hydroxylation is 1. The fourth-order valence-corrected chi connectivity index (χ4v) is 5.73. The fourth-order valence-electron chi connectivity index (χ4n) is 3.09. The number of ketones is 2. The summed E-state index contributed by atoms with van der Waals surface area (Å²) in [4.78, 5) is 26.3. The van der Waals surface area contributed by atoms with E-state index < -0.39 is 33.1 Å². The third-order valence-electron chi connectivity index (χ3n) is 4.82. The molecule has 0 unspecified atom stereocenters. The number of rotatable bonds is 7. The van der Waals surface area contributed by atoms with Crippen LogP contribution in [0, 0.1) is 6.92 Å². The summed E-state index contributed by atoms with van der Waals surface area (Å²) in [6.45, 7) is 1.80. The predicted molar refractivity (Wildman–Crippen MR) is 128 cm³/mol. The Morgan fingerprint density at radius 3 is 1.78 bits per heavy atom. The molecule has 0 bridgehead atoms. The molecule has 3 aromatic rings. The van der Waals surface area contributed by atoms with Gasteiger partial charge in [0.1, 0.15) is 5.25 Å². The van der Waals surface area contributed by atoms with Gasteiger partial charge in [0, 0.05) is 27.6 Å². The molecule has 0 saturated carbocycles. The van der Waals surface area contributed by atoms with Gasteiger partial charge in [-0.25, -0.2) is 8.42 Å². The lowest BCUT2D eigenvalue weighted by Gasteiger charge is -2.18. The zero-order valence-electron chi connectivity index (χ0n) is 16.6. The standard InChI is InChI=1S/C23H16Cl4O4S/c1-13-2-6-16(7-3-13)32(30,31)22(23(29)18-9-5-15(25)11-20(18)27)12-21(28)17-8-4-14(24)10-19(17)26/h2-11,22H,12H2,1H3/t22-/m0/s1. The number of carbonyl (C=O) groups is 2. The zero-order chi connectivity index (χ0) is 23.6. The lowest BCUT2D eigenvalue weighted by Crippen LogP contribution is -2.33. The summed E-state index contributed by atoms with van der Waals surface area (Å²) in [5.74, 6) is -1.43. The first-order valence-corrected chi connectivity index (χ1v) is 12.3. The Morgan fingerprint density at radius 2 is 1.28 bits per heavy atom. The molecule has 0 aliphatic rings. The van der Waals surface area contributed by atoms with Gasteiger partial charge in [0.25, 0.3) is 0 Å². The smallest absolute Gasteiger partial charge is 0.189 e. The minimum absolute atomic E-state index is 0.0106. The topological polar surface area (TPSA) is 68.3 Å². The highest BCUT2D eigenvalue weighted by molar-refractivity contribution is 7.92. The van der Waals surface area contributed by atoms with E-state index in [1.54, 1.807) is 19.1 Å². The minimum Gasteiger partial charge on any atom is -0.294 e. The zero-order valence-corrected chi connectivity index (χ0v) is 20.5. The summed E-state index contributed by atoms with van der Waals surface area (Å²) in [7, 11) is -4.25. The van der Waals surface area contributed by atoms with E-state index >= 15 is 0 Å². The maximum absolute atomic E-state index is 13.4. The Balaban J connectivity index is 2.09. The van der Waals surface area contributed by atoms with E-state index in [4.69, 9.17) is 46.4 Å². The number of hydrogen-bond acceptors (Lipinski definition) is 4. The molecule has 0 heterocycles. The molecule has 0 N–H and O–H groups in total. The number of halogens is 4. The van der Waals surface area contributed by atoms with E-state index in [2.05, 4.69) is 0 Å². The van der Waals surface area contributed by atoms with Crippen molar-refractivity contribution in [2.75, 3.05) is 0 Å². The molecule has 32 heavy (non-hydrogen) atoms. The van der Waals surface area contributed by atoms with Gasteiger partial charge in [-0.3, -0.25) is 9.59 Å². The molecule has 0 spiro atoms. The SMILES string of the molecule is Cc1ccc(S(=O)(=O)[C@@H](CC(=O)c2ccc(Cl)cc2Cl)C(=O)c2ccc(Cl)cc2Cl)cc1. The maximum Gasteiger partial charge on any atom is 0.189 e. The van der Waals surface area contributed by atoms with Gasteiger partial charge in [-0.05, 0) is 55.5 Å². The van der Waals surface area contributed by atoms with Crippen molar-refractivity contribution in [3.05, 3.63) is 97.4 Å². The monoisotopic (exact) mass is 528 g/mol. The predicted octanol–water partition coefficient (Wildman–Crippen LogP) is 6.91. The van der Waals surface area contributed by atoms with Crippen molar-refractivity contribution in [1.29, 1.82) is 0 Å². The van der Waals surface area contributed by atoms with Crippen LogP contribution in [0.2, 0.25) is 20.1 Å². The molecule has 0 aliphatic heterocycles. The summed E-state index contributed by atoms with van der Waals surface area (Å²) in [6.07, 6.45) is -0.630. The summed E-state index contributed by atoms with van der Waals surface area (Å²) in [5, 5.41) is -1.06. The molecule has 9 heteroatoms. The van der Waals surface area contributed by atoms with Crippen LogP contribution in [0.25, 0.3) is 0 Å². The van der Waals surface area contributed by atoms with Gasteiger partial charge in [0.15, 0.2) is 21.4 Å². The van der Waals surface area contributed by atoms with E-state index in [0.29, 0.717) is 5.02 Å². The molecule has 0 aliphatic carbocycles. The number of sulfone groups is 1. The lowest BCUT2D eigenvalue weighted by atomic mass is 10.0. The van der Waals surface area contributed by atoms with Crippen LogP contribution in [0.1, 0.15) is 32.7 Å². The molecule has 4 nitrogen and oxygen atoms in total. The molecule has 3 rings (SSSR count). The van der Waals surface area contributed by atoms with Crippen molar-refractivity contribution in [3.8, 4) is 0 Å². The van der Waals surface area contributed by atoms with Gasteiger partial charge in [-0.1, -0.05) is 64.1 Å². The molecule has 1 atom stereocenters. The van der Waals surface area contributed by atoms with Crippen molar-refractivity contribution >= 4 is 67.8 Å². The fraction of sp³-hybridized carbons (Fsp3) is 0.130. The lowest BCUT2D eigenvalue weighted by molar-refractivity contribution is 0.0921. The van der Waals surface area contributed by atoms with Gasteiger partial charge in [0.05, 0.1) is 14.9 Å². The van der Waals surface area contributed by atoms with E-state index in [1.807, 2.05) is 0 Å². The second-order valence-electron chi connectivity index (χ2n) is 7.09. The highest BCUT2D eigenvalue weighted by Gasteiger charge is 2.37. The van der Waals surface area contributed by atoms with Crippen LogP contribution in [0.3, 0.4) is 0 Å². The molecule has 0 saturated heterocycles. The Hall–Kier alpha value is -1.89. The second-order valence-corrected chi connectivity index (χ2v) is 10.9. The average molecular weight is 530 g/mol. The Kier molecular flexibility index (Phi) is 7.69. The highest BCUT2D eigenvalue weighted by atomic mass is 35.5. The van der Waals surface area contributed by atoms with Crippen LogP contribution in [0.4, 0.5) is 0 Å². The summed E-state index contributed by atoms with van der Waals surface area (Å²) >= 11 is 24.1. The van der Waals surface area contributed by atoms with Crippen LogP contribution in [-0.4, -0.2) is 25.2 Å². The van der Waals surface area contributed by atoms with Crippen molar-refractivity contribution in [2.24, 2.45) is 0 Å². The van der Waals surface area contributed by atoms with Crippen LogP contribution >= 0.6 is 46.4 Å². The largest absolute Gasteiger partial charge is 0.294 e. The third kappa shape index (κ3) is 5.36. The van der Waals surface area contributed by atoms with Gasteiger partial charge in [-0.15, -0.1) is 0 Å².